The van der Waals surface area contributed by atoms with Crippen molar-refractivity contribution in [3.63, 3.8) is 0 Å². The molecule has 0 aliphatic rings. The third-order valence-corrected chi connectivity index (χ3v) is 4.31. The van der Waals surface area contributed by atoms with E-state index >= 15 is 0 Å². The minimum Gasteiger partial charge on any atom is -0.494 e. The Hall–Kier alpha value is -2.27. The fourth-order valence-corrected chi connectivity index (χ4v) is 3.06. The Balaban J connectivity index is 1.71. The summed E-state index contributed by atoms with van der Waals surface area (Å²) >= 11 is 1.33. The number of benzene rings is 2. The maximum absolute atomic E-state index is 12.5. The van der Waals surface area contributed by atoms with Gasteiger partial charge in [-0.1, -0.05) is 23.9 Å². The number of Topliss-reactive ketones (excluding diaryl/α,β-unsaturated/α-hetero) is 1. The summed E-state index contributed by atoms with van der Waals surface area (Å²) in [5.74, 6) is 0.809. The molecule has 0 aliphatic carbocycles. The molecule has 4 nitrogen and oxygen atoms in total. The highest BCUT2D eigenvalue weighted by atomic mass is 32.2. The van der Waals surface area contributed by atoms with Gasteiger partial charge in [-0.2, -0.15) is 0 Å². The quantitative estimate of drug-likeness (QED) is 0.489. The maximum atomic E-state index is 12.5. The van der Waals surface area contributed by atoms with Crippen LogP contribution in [-0.4, -0.2) is 22.6 Å². The first kappa shape index (κ1) is 15.6. The predicted octanol–water partition coefficient (Wildman–Crippen LogP) is 4.59. The second-order valence-corrected chi connectivity index (χ2v) is 6.32. The third kappa shape index (κ3) is 3.56. The Morgan fingerprint density at radius 2 is 1.96 bits per heavy atom. The van der Waals surface area contributed by atoms with Crippen LogP contribution in [0.4, 0.5) is 0 Å². The van der Waals surface area contributed by atoms with Crippen LogP contribution in [0.1, 0.15) is 24.2 Å². The minimum absolute atomic E-state index is 0.0419. The molecule has 3 aromatic rings. The number of ether oxygens (including phenoxy) is 1. The van der Waals surface area contributed by atoms with E-state index in [2.05, 4.69) is 4.98 Å². The second kappa shape index (κ2) is 6.87. The Bertz CT molecular complexity index is 778. The Kier molecular flexibility index (Phi) is 4.67. The zero-order valence-electron chi connectivity index (χ0n) is 13.0. The molecule has 1 aromatic heterocycles. The molecule has 23 heavy (non-hydrogen) atoms. The Labute approximate surface area is 138 Å². The van der Waals surface area contributed by atoms with E-state index < -0.39 is 0 Å². The van der Waals surface area contributed by atoms with Crippen molar-refractivity contribution in [2.24, 2.45) is 0 Å². The van der Waals surface area contributed by atoms with Crippen molar-refractivity contribution in [2.45, 2.75) is 24.3 Å². The second-order valence-electron chi connectivity index (χ2n) is 5.03. The van der Waals surface area contributed by atoms with Crippen LogP contribution >= 0.6 is 11.8 Å². The van der Waals surface area contributed by atoms with Crippen LogP contribution < -0.4 is 4.74 Å². The van der Waals surface area contributed by atoms with E-state index in [0.29, 0.717) is 17.4 Å². The van der Waals surface area contributed by atoms with Crippen molar-refractivity contribution in [2.75, 3.05) is 6.61 Å². The third-order valence-electron chi connectivity index (χ3n) is 3.37. The van der Waals surface area contributed by atoms with E-state index in [1.165, 1.54) is 11.8 Å². The van der Waals surface area contributed by atoms with Gasteiger partial charge in [-0.25, -0.2) is 4.98 Å². The number of carbonyl (C=O) groups excluding carboxylic acids is 1. The van der Waals surface area contributed by atoms with Gasteiger partial charge < -0.3 is 9.15 Å². The van der Waals surface area contributed by atoms with Gasteiger partial charge in [0.25, 0.3) is 5.22 Å². The van der Waals surface area contributed by atoms with Gasteiger partial charge >= 0.3 is 0 Å². The van der Waals surface area contributed by atoms with Crippen LogP contribution in [0.15, 0.2) is 58.2 Å². The highest BCUT2D eigenvalue weighted by molar-refractivity contribution is 8.00. The minimum atomic E-state index is -0.277. The van der Waals surface area contributed by atoms with E-state index in [4.69, 9.17) is 9.15 Å². The molecule has 1 heterocycles. The number of thioether (sulfide) groups is 1. The molecule has 0 radical (unpaired) electrons. The van der Waals surface area contributed by atoms with Crippen molar-refractivity contribution in [1.29, 1.82) is 0 Å². The smallest absolute Gasteiger partial charge is 0.257 e. The first-order valence-corrected chi connectivity index (χ1v) is 8.34. The molecule has 0 unspecified atom stereocenters. The number of para-hydroxylation sites is 2. The van der Waals surface area contributed by atoms with Crippen molar-refractivity contribution in [3.05, 3.63) is 54.1 Å². The summed E-state index contributed by atoms with van der Waals surface area (Å²) in [5, 5.41) is 0.235. The molecular weight excluding hydrogens is 310 g/mol. The van der Waals surface area contributed by atoms with E-state index in [0.717, 1.165) is 16.8 Å². The fourth-order valence-electron chi connectivity index (χ4n) is 2.22. The van der Waals surface area contributed by atoms with Gasteiger partial charge in [0.05, 0.1) is 11.9 Å². The topological polar surface area (TPSA) is 52.3 Å². The number of nitrogens with zero attached hydrogens (tertiary/aromatic N) is 1. The summed E-state index contributed by atoms with van der Waals surface area (Å²) in [5.41, 5.74) is 2.19. The summed E-state index contributed by atoms with van der Waals surface area (Å²) in [6.45, 7) is 4.40. The number of hydrogen-bond acceptors (Lipinski definition) is 5. The maximum Gasteiger partial charge on any atom is 0.257 e. The molecule has 0 saturated heterocycles. The standard InChI is InChI=1S/C18H17NO3S/c1-3-21-14-10-8-13(9-11-14)17(20)12(2)23-18-19-15-6-4-5-7-16(15)22-18/h4-12H,3H2,1-2H3/t12-/m0/s1. The molecule has 0 bridgehead atoms. The van der Waals surface area contributed by atoms with Crippen molar-refractivity contribution in [3.8, 4) is 5.75 Å². The van der Waals surface area contributed by atoms with Gasteiger partial charge in [-0.3, -0.25) is 4.79 Å². The molecule has 0 aliphatic heterocycles. The average Bonchev–Trinajstić information content (AvgIpc) is 2.97. The molecule has 0 saturated carbocycles. The number of aromatic nitrogens is 1. The Morgan fingerprint density at radius 3 is 2.65 bits per heavy atom. The van der Waals surface area contributed by atoms with E-state index in [1.807, 2.05) is 50.2 Å². The molecule has 3 rings (SSSR count). The van der Waals surface area contributed by atoms with Crippen LogP contribution in [-0.2, 0) is 0 Å². The first-order chi connectivity index (χ1) is 11.2. The van der Waals surface area contributed by atoms with Gasteiger partial charge in [0.15, 0.2) is 11.4 Å². The van der Waals surface area contributed by atoms with Gasteiger partial charge in [-0.15, -0.1) is 0 Å². The number of ketones is 1. The molecule has 0 N–H and O–H groups in total. The number of rotatable bonds is 6. The summed E-state index contributed by atoms with van der Waals surface area (Å²) in [4.78, 5) is 16.9. The number of oxazole rings is 1. The highest BCUT2D eigenvalue weighted by Crippen LogP contribution is 2.28. The van der Waals surface area contributed by atoms with Crippen LogP contribution in [0.5, 0.6) is 5.75 Å². The summed E-state index contributed by atoms with van der Waals surface area (Å²) in [6.07, 6.45) is 0. The molecule has 1 atom stereocenters. The zero-order chi connectivity index (χ0) is 16.2. The molecule has 118 valence electrons. The van der Waals surface area contributed by atoms with Crippen molar-refractivity contribution in [1.82, 2.24) is 4.98 Å². The molecule has 2 aromatic carbocycles. The first-order valence-electron chi connectivity index (χ1n) is 7.46. The van der Waals surface area contributed by atoms with Gasteiger partial charge in [0, 0.05) is 5.56 Å². The summed E-state index contributed by atoms with van der Waals surface area (Å²) in [7, 11) is 0. The Morgan fingerprint density at radius 1 is 1.22 bits per heavy atom. The van der Waals surface area contributed by atoms with Gasteiger partial charge in [-0.05, 0) is 50.2 Å². The van der Waals surface area contributed by atoms with Gasteiger partial charge in [0.2, 0.25) is 0 Å². The summed E-state index contributed by atoms with van der Waals surface area (Å²) in [6, 6.07) is 14.8. The highest BCUT2D eigenvalue weighted by Gasteiger charge is 2.19. The average molecular weight is 327 g/mol. The van der Waals surface area contributed by atoms with Crippen LogP contribution in [0.3, 0.4) is 0 Å². The molecule has 5 heteroatoms. The molecule has 0 amide bonds. The van der Waals surface area contributed by atoms with E-state index in [1.54, 1.807) is 12.1 Å². The SMILES string of the molecule is CCOc1ccc(C(=O)[C@H](C)Sc2nc3ccccc3o2)cc1. The van der Waals surface area contributed by atoms with Crippen LogP contribution in [0.25, 0.3) is 11.1 Å². The lowest BCUT2D eigenvalue weighted by Crippen LogP contribution is -2.13. The van der Waals surface area contributed by atoms with Crippen LogP contribution in [0.2, 0.25) is 0 Å². The summed E-state index contributed by atoms with van der Waals surface area (Å²) < 4.78 is 11.0. The van der Waals surface area contributed by atoms with E-state index in [9.17, 15) is 4.79 Å². The molecule has 0 fully saturated rings. The predicted molar refractivity (Wildman–Crippen MR) is 91.3 cm³/mol. The fraction of sp³-hybridized carbons (Fsp3) is 0.222. The van der Waals surface area contributed by atoms with Crippen molar-refractivity contribution < 1.29 is 13.9 Å². The van der Waals surface area contributed by atoms with Crippen LogP contribution in [0, 0.1) is 0 Å². The largest absolute Gasteiger partial charge is 0.494 e. The van der Waals surface area contributed by atoms with Gasteiger partial charge in [0.1, 0.15) is 11.3 Å². The molecule has 0 spiro atoms. The number of fused-ring (bicyclic) bond motifs is 1. The monoisotopic (exact) mass is 327 g/mol. The van der Waals surface area contributed by atoms with Crippen molar-refractivity contribution >= 4 is 28.6 Å². The lowest BCUT2D eigenvalue weighted by molar-refractivity contribution is 0.0993. The van der Waals surface area contributed by atoms with E-state index in [-0.39, 0.29) is 11.0 Å². The lowest BCUT2D eigenvalue weighted by atomic mass is 10.1. The number of carbonyl (C=O) groups is 1. The molecular formula is C18H17NO3S. The number of hydrogen-bond donors (Lipinski definition) is 0. The normalized spacial score (nSPS) is 12.3. The lowest BCUT2D eigenvalue weighted by Gasteiger charge is -2.08. The zero-order valence-corrected chi connectivity index (χ0v) is 13.8.